The highest BCUT2D eigenvalue weighted by molar-refractivity contribution is 6.36. The van der Waals surface area contributed by atoms with Gasteiger partial charge in [-0.2, -0.15) is 0 Å². The van der Waals surface area contributed by atoms with Gasteiger partial charge in [0.25, 0.3) is 0 Å². The maximum atomic E-state index is 6.44. The average Bonchev–Trinajstić information content (AvgIpc) is 2.99. The molecule has 120 valence electrons. The van der Waals surface area contributed by atoms with Crippen LogP contribution in [0.15, 0.2) is 53.8 Å². The summed E-state index contributed by atoms with van der Waals surface area (Å²) in [4.78, 5) is 4.92. The fourth-order valence-corrected chi connectivity index (χ4v) is 3.37. The van der Waals surface area contributed by atoms with E-state index in [4.69, 9.17) is 28.2 Å². The lowest BCUT2D eigenvalue weighted by atomic mass is 9.98. The summed E-state index contributed by atoms with van der Waals surface area (Å²) in [7, 11) is 0. The monoisotopic (exact) mass is 356 g/mol. The minimum atomic E-state index is 0.0476. The standard InChI is InChI=1S/C18H14Cl2N4/c1-11-8-17-23-21-10-24(17)16-7-6-12(19)9-14(16)18(22-11)13-4-2-3-5-15(13)20/h2-7,9-11H,8H2,1H3. The zero-order chi connectivity index (χ0) is 16.7. The Labute approximate surface area is 149 Å². The number of benzene rings is 2. The lowest BCUT2D eigenvalue weighted by Crippen LogP contribution is -2.19. The fraction of sp³-hybridized carbons (Fsp3) is 0.167. The van der Waals surface area contributed by atoms with Crippen LogP contribution >= 0.6 is 23.2 Å². The highest BCUT2D eigenvalue weighted by Gasteiger charge is 2.22. The van der Waals surface area contributed by atoms with E-state index in [1.807, 2.05) is 47.0 Å². The van der Waals surface area contributed by atoms with E-state index in [0.29, 0.717) is 16.5 Å². The highest BCUT2D eigenvalue weighted by atomic mass is 35.5. The van der Waals surface area contributed by atoms with E-state index in [2.05, 4.69) is 17.1 Å². The van der Waals surface area contributed by atoms with Crippen LogP contribution in [0, 0.1) is 0 Å². The topological polar surface area (TPSA) is 43.1 Å². The second-order valence-electron chi connectivity index (χ2n) is 5.79. The summed E-state index contributed by atoms with van der Waals surface area (Å²) in [5.74, 6) is 0.882. The van der Waals surface area contributed by atoms with Gasteiger partial charge in [-0.05, 0) is 31.2 Å². The van der Waals surface area contributed by atoms with Gasteiger partial charge in [0.1, 0.15) is 12.2 Å². The van der Waals surface area contributed by atoms with E-state index in [9.17, 15) is 0 Å². The van der Waals surface area contributed by atoms with Crippen molar-refractivity contribution in [1.29, 1.82) is 0 Å². The first-order chi connectivity index (χ1) is 11.6. The van der Waals surface area contributed by atoms with Gasteiger partial charge >= 0.3 is 0 Å². The third-order valence-electron chi connectivity index (χ3n) is 4.05. The van der Waals surface area contributed by atoms with Crippen molar-refractivity contribution in [3.05, 3.63) is 75.8 Å². The molecule has 0 radical (unpaired) electrons. The molecule has 0 spiro atoms. The third kappa shape index (κ3) is 2.62. The second-order valence-corrected chi connectivity index (χ2v) is 6.63. The Morgan fingerprint density at radius 1 is 1.08 bits per heavy atom. The van der Waals surface area contributed by atoms with Crippen LogP contribution in [-0.2, 0) is 6.42 Å². The first kappa shape index (κ1) is 15.4. The minimum Gasteiger partial charge on any atom is -0.285 e. The van der Waals surface area contributed by atoms with Gasteiger partial charge in [-0.25, -0.2) is 0 Å². The van der Waals surface area contributed by atoms with E-state index < -0.39 is 0 Å². The van der Waals surface area contributed by atoms with Crippen LogP contribution in [0.5, 0.6) is 0 Å². The van der Waals surface area contributed by atoms with Gasteiger partial charge in [0.05, 0.1) is 17.4 Å². The first-order valence-electron chi connectivity index (χ1n) is 7.65. The number of nitrogens with zero attached hydrogens (tertiary/aromatic N) is 4. The van der Waals surface area contributed by atoms with Crippen LogP contribution in [0.1, 0.15) is 23.9 Å². The quantitative estimate of drug-likeness (QED) is 0.650. The molecule has 1 aliphatic heterocycles. The largest absolute Gasteiger partial charge is 0.285 e. The average molecular weight is 357 g/mol. The summed E-state index contributed by atoms with van der Waals surface area (Å²) in [6.07, 6.45) is 2.43. The second kappa shape index (κ2) is 6.04. The molecule has 0 N–H and O–H groups in total. The number of hydrogen-bond donors (Lipinski definition) is 0. The Morgan fingerprint density at radius 2 is 1.92 bits per heavy atom. The zero-order valence-electron chi connectivity index (χ0n) is 12.9. The van der Waals surface area contributed by atoms with E-state index in [1.54, 1.807) is 6.33 Å². The van der Waals surface area contributed by atoms with Gasteiger partial charge in [-0.15, -0.1) is 10.2 Å². The predicted molar refractivity (Wildman–Crippen MR) is 96.6 cm³/mol. The molecule has 1 atom stereocenters. The smallest absolute Gasteiger partial charge is 0.139 e. The highest BCUT2D eigenvalue weighted by Crippen LogP contribution is 2.29. The molecule has 1 aliphatic rings. The molecule has 0 amide bonds. The Kier molecular flexibility index (Phi) is 3.87. The predicted octanol–water partition coefficient (Wildman–Crippen LogP) is 4.36. The summed E-state index contributed by atoms with van der Waals surface area (Å²) < 4.78 is 1.99. The van der Waals surface area contributed by atoms with E-state index in [0.717, 1.165) is 28.4 Å². The summed E-state index contributed by atoms with van der Waals surface area (Å²) >= 11 is 12.7. The molecule has 2 heterocycles. The van der Waals surface area contributed by atoms with Crippen LogP contribution in [0.3, 0.4) is 0 Å². The van der Waals surface area contributed by atoms with Gasteiger partial charge in [0, 0.05) is 27.6 Å². The van der Waals surface area contributed by atoms with Crippen LogP contribution in [-0.4, -0.2) is 26.5 Å². The van der Waals surface area contributed by atoms with Crippen LogP contribution in [0.4, 0.5) is 0 Å². The van der Waals surface area contributed by atoms with Crippen LogP contribution in [0.2, 0.25) is 10.0 Å². The molecule has 1 unspecified atom stereocenters. The number of aromatic nitrogens is 3. The maximum absolute atomic E-state index is 6.44. The fourth-order valence-electron chi connectivity index (χ4n) is 2.98. The summed E-state index contributed by atoms with van der Waals surface area (Å²) in [6.45, 7) is 2.06. The lowest BCUT2D eigenvalue weighted by molar-refractivity contribution is 0.686. The minimum absolute atomic E-state index is 0.0476. The van der Waals surface area contributed by atoms with Crippen molar-refractivity contribution in [2.75, 3.05) is 0 Å². The molecule has 0 saturated heterocycles. The molecule has 24 heavy (non-hydrogen) atoms. The molecule has 0 bridgehead atoms. The van der Waals surface area contributed by atoms with Crippen molar-refractivity contribution >= 4 is 28.9 Å². The van der Waals surface area contributed by atoms with Crippen molar-refractivity contribution in [2.45, 2.75) is 19.4 Å². The molecule has 0 saturated carbocycles. The number of hydrogen-bond acceptors (Lipinski definition) is 3. The summed E-state index contributed by atoms with van der Waals surface area (Å²) in [6, 6.07) is 13.5. The van der Waals surface area contributed by atoms with Crippen molar-refractivity contribution in [3.8, 4) is 5.69 Å². The van der Waals surface area contributed by atoms with Gasteiger partial charge in [0.15, 0.2) is 0 Å². The molecular formula is C18H14Cl2N4. The molecule has 1 aromatic heterocycles. The molecule has 4 rings (SSSR count). The molecule has 3 aromatic rings. The maximum Gasteiger partial charge on any atom is 0.139 e. The lowest BCUT2D eigenvalue weighted by Gasteiger charge is -2.20. The molecule has 0 fully saturated rings. The van der Waals surface area contributed by atoms with E-state index in [1.165, 1.54) is 0 Å². The molecule has 0 aliphatic carbocycles. The molecular weight excluding hydrogens is 343 g/mol. The summed E-state index contributed by atoms with van der Waals surface area (Å²) in [5.41, 5.74) is 3.60. The third-order valence-corrected chi connectivity index (χ3v) is 4.61. The Bertz CT molecular complexity index is 946. The van der Waals surface area contributed by atoms with Crippen molar-refractivity contribution in [1.82, 2.24) is 14.8 Å². The van der Waals surface area contributed by atoms with Gasteiger partial charge in [-0.1, -0.05) is 41.4 Å². The van der Waals surface area contributed by atoms with Crippen molar-refractivity contribution in [3.63, 3.8) is 0 Å². The van der Waals surface area contributed by atoms with Crippen LogP contribution in [0.25, 0.3) is 5.69 Å². The molecule has 4 nitrogen and oxygen atoms in total. The number of rotatable bonds is 1. The van der Waals surface area contributed by atoms with E-state index >= 15 is 0 Å². The zero-order valence-corrected chi connectivity index (χ0v) is 14.5. The molecule has 6 heteroatoms. The Morgan fingerprint density at radius 3 is 2.75 bits per heavy atom. The van der Waals surface area contributed by atoms with Crippen LogP contribution < -0.4 is 0 Å². The van der Waals surface area contributed by atoms with Crippen molar-refractivity contribution in [2.24, 2.45) is 4.99 Å². The first-order valence-corrected chi connectivity index (χ1v) is 8.41. The number of aliphatic imine (C=N–C) groups is 1. The number of halogens is 2. The number of fused-ring (bicyclic) bond motifs is 3. The normalized spacial score (nSPS) is 16.6. The van der Waals surface area contributed by atoms with Gasteiger partial charge in [0.2, 0.25) is 0 Å². The summed E-state index contributed by atoms with van der Waals surface area (Å²) in [5, 5.41) is 9.61. The SMILES string of the molecule is CC1Cc2nncn2-c2ccc(Cl)cc2C(c2ccccc2Cl)=N1. The van der Waals surface area contributed by atoms with Gasteiger partial charge < -0.3 is 0 Å². The van der Waals surface area contributed by atoms with Crippen molar-refractivity contribution < 1.29 is 0 Å². The van der Waals surface area contributed by atoms with E-state index in [-0.39, 0.29) is 6.04 Å². The van der Waals surface area contributed by atoms with Gasteiger partial charge in [-0.3, -0.25) is 9.56 Å². The Balaban J connectivity index is 2.03. The Hall–Kier alpha value is -2.17. The molecule has 2 aromatic carbocycles.